The predicted octanol–water partition coefficient (Wildman–Crippen LogP) is 2.16. The van der Waals surface area contributed by atoms with Crippen molar-refractivity contribution in [3.8, 4) is 5.75 Å². The summed E-state index contributed by atoms with van der Waals surface area (Å²) in [6, 6.07) is 7.21. The molecule has 3 heteroatoms. The average molecular weight is 221 g/mol. The Balaban J connectivity index is 1.77. The van der Waals surface area contributed by atoms with Crippen molar-refractivity contribution in [1.29, 1.82) is 0 Å². The Bertz CT molecular complexity index is 376. The second kappa shape index (κ2) is 3.72. The van der Waals surface area contributed by atoms with Gasteiger partial charge in [0.2, 0.25) is 0 Å². The van der Waals surface area contributed by atoms with Crippen molar-refractivity contribution >= 4 is 11.8 Å². The summed E-state index contributed by atoms with van der Waals surface area (Å²) in [6.07, 6.45) is 3.75. The van der Waals surface area contributed by atoms with Crippen molar-refractivity contribution in [2.45, 2.75) is 36.2 Å². The molecule has 1 aliphatic carbocycles. The molecule has 0 radical (unpaired) electrons. The molecule has 1 aromatic carbocycles. The highest BCUT2D eigenvalue weighted by molar-refractivity contribution is 7.99. The molecule has 80 valence electrons. The molecule has 1 heterocycles. The number of rotatable bonds is 2. The van der Waals surface area contributed by atoms with Crippen LogP contribution in [0.4, 0.5) is 0 Å². The molecule has 0 saturated heterocycles. The molecule has 0 amide bonds. The lowest BCUT2D eigenvalue weighted by Gasteiger charge is -2.25. The first-order valence-corrected chi connectivity index (χ1v) is 6.51. The van der Waals surface area contributed by atoms with E-state index >= 15 is 0 Å². The third kappa shape index (κ3) is 1.99. The van der Waals surface area contributed by atoms with Crippen LogP contribution >= 0.6 is 11.8 Å². The van der Waals surface area contributed by atoms with E-state index in [0.717, 1.165) is 23.1 Å². The fourth-order valence-corrected chi connectivity index (χ4v) is 3.23. The van der Waals surface area contributed by atoms with Gasteiger partial charge in [-0.15, -0.1) is 11.8 Å². The van der Waals surface area contributed by atoms with E-state index in [-0.39, 0.29) is 0 Å². The number of hydrogen-bond donors (Lipinski definition) is 2. The molecular weight excluding hydrogens is 206 g/mol. The highest BCUT2D eigenvalue weighted by Gasteiger charge is 2.27. The van der Waals surface area contributed by atoms with Crippen molar-refractivity contribution in [3.05, 3.63) is 23.8 Å². The van der Waals surface area contributed by atoms with Gasteiger partial charge in [-0.25, -0.2) is 0 Å². The Morgan fingerprint density at radius 1 is 1.27 bits per heavy atom. The minimum atomic E-state index is 0.447. The normalized spacial score (nSPS) is 24.9. The topological polar surface area (TPSA) is 32.3 Å². The molecule has 2 nitrogen and oxygen atoms in total. The monoisotopic (exact) mass is 221 g/mol. The van der Waals surface area contributed by atoms with Gasteiger partial charge < -0.3 is 10.4 Å². The lowest BCUT2D eigenvalue weighted by Crippen LogP contribution is -2.36. The summed E-state index contributed by atoms with van der Waals surface area (Å²) in [5, 5.41) is 13.3. The summed E-state index contributed by atoms with van der Waals surface area (Å²) in [7, 11) is 0. The summed E-state index contributed by atoms with van der Waals surface area (Å²) < 4.78 is 0. The van der Waals surface area contributed by atoms with Crippen molar-refractivity contribution in [2.75, 3.05) is 5.75 Å². The highest BCUT2D eigenvalue weighted by atomic mass is 32.2. The Morgan fingerprint density at radius 3 is 2.93 bits per heavy atom. The number of thioether (sulfide) groups is 1. The minimum absolute atomic E-state index is 0.447. The third-order valence-corrected chi connectivity index (χ3v) is 4.35. The van der Waals surface area contributed by atoms with Gasteiger partial charge >= 0.3 is 0 Å². The van der Waals surface area contributed by atoms with Gasteiger partial charge in [0.05, 0.1) is 4.90 Å². The third-order valence-electron chi connectivity index (χ3n) is 3.02. The number of fused-ring (bicyclic) bond motifs is 1. The molecule has 1 unspecified atom stereocenters. The minimum Gasteiger partial charge on any atom is -0.507 e. The first kappa shape index (κ1) is 9.55. The number of benzene rings is 1. The Kier molecular flexibility index (Phi) is 2.37. The Morgan fingerprint density at radius 2 is 2.13 bits per heavy atom. The van der Waals surface area contributed by atoms with Gasteiger partial charge in [0.1, 0.15) is 5.75 Å². The number of phenols is 1. The van der Waals surface area contributed by atoms with Gasteiger partial charge in [0.25, 0.3) is 0 Å². The zero-order valence-corrected chi connectivity index (χ0v) is 9.39. The molecule has 1 atom stereocenters. The lowest BCUT2D eigenvalue weighted by molar-refractivity contribution is 0.456. The first-order valence-electron chi connectivity index (χ1n) is 5.52. The van der Waals surface area contributed by atoms with Crippen LogP contribution < -0.4 is 5.32 Å². The highest BCUT2D eigenvalue weighted by Crippen LogP contribution is 2.37. The van der Waals surface area contributed by atoms with Crippen LogP contribution in [0.1, 0.15) is 18.4 Å². The molecule has 0 bridgehead atoms. The summed E-state index contributed by atoms with van der Waals surface area (Å²) in [6.45, 7) is 0. The summed E-state index contributed by atoms with van der Waals surface area (Å²) >= 11 is 1.78. The van der Waals surface area contributed by atoms with Crippen LogP contribution in [0.25, 0.3) is 0 Å². The fourth-order valence-electron chi connectivity index (χ4n) is 2.10. The first-order chi connectivity index (χ1) is 7.33. The van der Waals surface area contributed by atoms with E-state index in [0.29, 0.717) is 11.8 Å². The number of hydrogen-bond acceptors (Lipinski definition) is 3. The van der Waals surface area contributed by atoms with Gasteiger partial charge in [-0.2, -0.15) is 0 Å². The molecule has 1 fully saturated rings. The molecule has 1 aromatic rings. The van der Waals surface area contributed by atoms with Gasteiger partial charge in [-0.05, 0) is 30.9 Å². The van der Waals surface area contributed by atoms with Crippen molar-refractivity contribution in [2.24, 2.45) is 0 Å². The maximum Gasteiger partial charge on any atom is 0.129 e. The van der Waals surface area contributed by atoms with E-state index in [1.54, 1.807) is 17.8 Å². The predicted molar refractivity (Wildman–Crippen MR) is 62.5 cm³/mol. The Labute approximate surface area is 94.1 Å². The standard InChI is InChI=1S/C12H15NOS/c14-11-3-1-2-8-6-10(7-15-12(8)11)13-9-4-5-9/h1-3,9-10,13-14H,4-7H2. The van der Waals surface area contributed by atoms with E-state index in [1.807, 2.05) is 6.07 Å². The van der Waals surface area contributed by atoms with Crippen molar-refractivity contribution in [3.63, 3.8) is 0 Å². The maximum atomic E-state index is 9.70. The average Bonchev–Trinajstić information content (AvgIpc) is 3.02. The zero-order chi connectivity index (χ0) is 10.3. The van der Waals surface area contributed by atoms with Crippen molar-refractivity contribution < 1.29 is 5.11 Å². The smallest absolute Gasteiger partial charge is 0.129 e. The molecule has 2 N–H and O–H groups in total. The van der Waals surface area contributed by atoms with Crippen LogP contribution in [0, 0.1) is 0 Å². The van der Waals surface area contributed by atoms with Gasteiger partial charge in [-0.3, -0.25) is 0 Å². The van der Waals surface area contributed by atoms with Crippen LogP contribution in [-0.4, -0.2) is 22.9 Å². The largest absolute Gasteiger partial charge is 0.507 e. The van der Waals surface area contributed by atoms with Gasteiger partial charge in [0.15, 0.2) is 0 Å². The lowest BCUT2D eigenvalue weighted by atomic mass is 10.1. The fraction of sp³-hybridized carbons (Fsp3) is 0.500. The van der Waals surface area contributed by atoms with Crippen LogP contribution in [0.3, 0.4) is 0 Å². The van der Waals surface area contributed by atoms with Crippen LogP contribution in [-0.2, 0) is 6.42 Å². The number of aromatic hydroxyl groups is 1. The number of phenolic OH excluding ortho intramolecular Hbond substituents is 1. The quantitative estimate of drug-likeness (QED) is 0.802. The van der Waals surface area contributed by atoms with Crippen LogP contribution in [0.5, 0.6) is 5.75 Å². The number of nitrogens with one attached hydrogen (secondary N) is 1. The van der Waals surface area contributed by atoms with E-state index in [1.165, 1.54) is 18.4 Å². The molecular formula is C12H15NOS. The van der Waals surface area contributed by atoms with E-state index < -0.39 is 0 Å². The van der Waals surface area contributed by atoms with Gasteiger partial charge in [-0.1, -0.05) is 12.1 Å². The second-order valence-electron chi connectivity index (χ2n) is 4.42. The summed E-state index contributed by atoms with van der Waals surface area (Å²) in [5.74, 6) is 1.53. The van der Waals surface area contributed by atoms with Crippen LogP contribution in [0.2, 0.25) is 0 Å². The molecule has 15 heavy (non-hydrogen) atoms. The SMILES string of the molecule is Oc1cccc2c1SCC(NC1CC1)C2. The molecule has 1 aliphatic heterocycles. The van der Waals surface area contributed by atoms with E-state index in [9.17, 15) is 5.11 Å². The molecule has 2 aliphatic rings. The van der Waals surface area contributed by atoms with Crippen LogP contribution in [0.15, 0.2) is 23.1 Å². The zero-order valence-electron chi connectivity index (χ0n) is 8.57. The van der Waals surface area contributed by atoms with E-state index in [2.05, 4.69) is 11.4 Å². The summed E-state index contributed by atoms with van der Waals surface area (Å²) in [4.78, 5) is 1.09. The molecule has 0 spiro atoms. The van der Waals surface area contributed by atoms with E-state index in [4.69, 9.17) is 0 Å². The Hall–Kier alpha value is -0.670. The van der Waals surface area contributed by atoms with Gasteiger partial charge in [0, 0.05) is 17.8 Å². The summed E-state index contributed by atoms with van der Waals surface area (Å²) in [5.41, 5.74) is 1.30. The van der Waals surface area contributed by atoms with Crippen molar-refractivity contribution in [1.82, 2.24) is 5.32 Å². The molecule has 1 saturated carbocycles. The maximum absolute atomic E-state index is 9.70. The molecule has 3 rings (SSSR count). The molecule has 0 aromatic heterocycles. The second-order valence-corrected chi connectivity index (χ2v) is 5.45.